The van der Waals surface area contributed by atoms with Crippen molar-refractivity contribution in [1.82, 2.24) is 24.4 Å². The summed E-state index contributed by atoms with van der Waals surface area (Å²) in [6.07, 6.45) is 12.1. The van der Waals surface area contributed by atoms with Gasteiger partial charge in [0.2, 0.25) is 17.7 Å². The predicted octanol–water partition coefficient (Wildman–Crippen LogP) is 1.98. The van der Waals surface area contributed by atoms with Gasteiger partial charge in [0, 0.05) is 63.8 Å². The van der Waals surface area contributed by atoms with Gasteiger partial charge in [-0.1, -0.05) is 0 Å². The first-order valence-electron chi connectivity index (χ1n) is 10.0. The molecule has 2 saturated heterocycles. The minimum atomic E-state index is 0.234. The Morgan fingerprint density at radius 2 is 2.04 bits per heavy atom. The first-order chi connectivity index (χ1) is 13.7. The molecule has 0 saturated carbocycles. The summed E-state index contributed by atoms with van der Waals surface area (Å²) in [6, 6.07) is 1.77. The molecule has 0 aliphatic carbocycles. The second kappa shape index (κ2) is 8.16. The van der Waals surface area contributed by atoms with E-state index in [4.69, 9.17) is 4.74 Å². The Morgan fingerprint density at radius 3 is 2.79 bits per heavy atom. The standard InChI is InChI=1S/C20H28N6O2/c1-28-17-4-8-22-19(23-17)25-12-6-20(7-13-25)5-3-18(27)26(15-20)11-2-10-24-14-9-21-16-24/h4,8-9,14,16H,2-3,5-7,10-13,15H2,1H3. The molecule has 2 aromatic heterocycles. The molecule has 0 radical (unpaired) electrons. The first-order valence-corrected chi connectivity index (χ1v) is 10.0. The number of aryl methyl sites for hydroxylation is 1. The molecule has 0 bridgehead atoms. The van der Waals surface area contributed by atoms with E-state index in [1.54, 1.807) is 25.6 Å². The van der Waals surface area contributed by atoms with Gasteiger partial charge in [0.15, 0.2) is 0 Å². The third kappa shape index (κ3) is 4.10. The summed E-state index contributed by atoms with van der Waals surface area (Å²) in [7, 11) is 1.62. The van der Waals surface area contributed by atoms with Crippen molar-refractivity contribution in [2.24, 2.45) is 5.41 Å². The number of ether oxygens (including phenoxy) is 1. The van der Waals surface area contributed by atoms with E-state index in [0.717, 1.165) is 64.4 Å². The van der Waals surface area contributed by atoms with E-state index in [1.165, 1.54) is 0 Å². The molecule has 4 heterocycles. The molecule has 2 fully saturated rings. The highest BCUT2D eigenvalue weighted by Gasteiger charge is 2.41. The van der Waals surface area contributed by atoms with Gasteiger partial charge in [-0.15, -0.1) is 0 Å². The van der Waals surface area contributed by atoms with Crippen LogP contribution in [0.5, 0.6) is 5.88 Å². The molecule has 2 aliphatic heterocycles. The van der Waals surface area contributed by atoms with Gasteiger partial charge in [-0.25, -0.2) is 9.97 Å². The van der Waals surface area contributed by atoms with E-state index in [9.17, 15) is 4.79 Å². The van der Waals surface area contributed by atoms with E-state index in [-0.39, 0.29) is 5.41 Å². The van der Waals surface area contributed by atoms with Gasteiger partial charge in [-0.05, 0) is 31.1 Å². The molecule has 2 aromatic rings. The molecular formula is C20H28N6O2. The Kier molecular flexibility index (Phi) is 5.45. The fourth-order valence-corrected chi connectivity index (χ4v) is 4.36. The van der Waals surface area contributed by atoms with Crippen molar-refractivity contribution in [3.8, 4) is 5.88 Å². The average molecular weight is 384 g/mol. The van der Waals surface area contributed by atoms with Crippen LogP contribution in [0.15, 0.2) is 31.0 Å². The number of rotatable bonds is 6. The second-order valence-electron chi connectivity index (χ2n) is 7.86. The fourth-order valence-electron chi connectivity index (χ4n) is 4.36. The van der Waals surface area contributed by atoms with E-state index < -0.39 is 0 Å². The van der Waals surface area contributed by atoms with Crippen molar-refractivity contribution >= 4 is 11.9 Å². The van der Waals surface area contributed by atoms with Crippen molar-refractivity contribution in [3.63, 3.8) is 0 Å². The third-order valence-corrected chi connectivity index (χ3v) is 6.09. The maximum absolute atomic E-state index is 12.4. The SMILES string of the molecule is COc1ccnc(N2CCC3(CCC(=O)N(CCCn4ccnc4)C3)CC2)n1. The van der Waals surface area contributed by atoms with Crippen LogP contribution in [0.25, 0.3) is 0 Å². The molecule has 0 N–H and O–H groups in total. The molecule has 4 rings (SSSR count). The highest BCUT2D eigenvalue weighted by molar-refractivity contribution is 5.77. The number of carbonyl (C=O) groups is 1. The van der Waals surface area contributed by atoms with Crippen LogP contribution in [-0.2, 0) is 11.3 Å². The van der Waals surface area contributed by atoms with Crippen LogP contribution in [-0.4, -0.2) is 63.6 Å². The second-order valence-corrected chi connectivity index (χ2v) is 7.86. The van der Waals surface area contributed by atoms with Crippen LogP contribution in [0, 0.1) is 5.41 Å². The monoisotopic (exact) mass is 384 g/mol. The minimum absolute atomic E-state index is 0.234. The number of anilines is 1. The van der Waals surface area contributed by atoms with Gasteiger partial charge < -0.3 is 19.1 Å². The lowest BCUT2D eigenvalue weighted by atomic mass is 9.72. The van der Waals surface area contributed by atoms with Crippen LogP contribution in [0.2, 0.25) is 0 Å². The number of nitrogens with zero attached hydrogens (tertiary/aromatic N) is 6. The van der Waals surface area contributed by atoms with Crippen LogP contribution in [0.4, 0.5) is 5.95 Å². The van der Waals surface area contributed by atoms with Gasteiger partial charge >= 0.3 is 0 Å². The molecule has 150 valence electrons. The highest BCUT2D eigenvalue weighted by atomic mass is 16.5. The first kappa shape index (κ1) is 18.7. The van der Waals surface area contributed by atoms with E-state index in [0.29, 0.717) is 18.2 Å². The molecule has 8 heteroatoms. The number of aromatic nitrogens is 4. The molecule has 1 spiro atoms. The van der Waals surface area contributed by atoms with Gasteiger partial charge in [0.25, 0.3) is 0 Å². The van der Waals surface area contributed by atoms with Crippen LogP contribution in [0.3, 0.4) is 0 Å². The number of likely N-dealkylation sites (tertiary alicyclic amines) is 1. The molecular weight excluding hydrogens is 356 g/mol. The molecule has 28 heavy (non-hydrogen) atoms. The largest absolute Gasteiger partial charge is 0.481 e. The lowest BCUT2D eigenvalue weighted by molar-refractivity contribution is -0.138. The molecule has 8 nitrogen and oxygen atoms in total. The van der Waals surface area contributed by atoms with Crippen molar-refractivity contribution < 1.29 is 9.53 Å². The van der Waals surface area contributed by atoms with Crippen molar-refractivity contribution in [2.45, 2.75) is 38.6 Å². The number of methoxy groups -OCH3 is 1. The summed E-state index contributed by atoms with van der Waals surface area (Å²) in [4.78, 5) is 29.7. The summed E-state index contributed by atoms with van der Waals surface area (Å²) in [6.45, 7) is 4.44. The third-order valence-electron chi connectivity index (χ3n) is 6.09. The lowest BCUT2D eigenvalue weighted by Gasteiger charge is -2.47. The summed E-state index contributed by atoms with van der Waals surface area (Å²) in [5, 5.41) is 0. The number of carbonyl (C=O) groups excluding carboxylic acids is 1. The van der Waals surface area contributed by atoms with E-state index >= 15 is 0 Å². The Balaban J connectivity index is 1.33. The average Bonchev–Trinajstić information content (AvgIpc) is 3.25. The van der Waals surface area contributed by atoms with Gasteiger partial charge in [0.1, 0.15) is 0 Å². The number of hydrogen-bond donors (Lipinski definition) is 0. The Labute approximate surface area is 165 Å². The van der Waals surface area contributed by atoms with Crippen LogP contribution < -0.4 is 9.64 Å². The number of imidazole rings is 1. The number of amides is 1. The van der Waals surface area contributed by atoms with Crippen LogP contribution in [0.1, 0.15) is 32.1 Å². The zero-order valence-electron chi connectivity index (χ0n) is 16.5. The zero-order chi connectivity index (χ0) is 19.4. The Hall–Kier alpha value is -2.64. The molecule has 0 atom stereocenters. The normalized spacial score (nSPS) is 19.2. The Bertz CT molecular complexity index is 786. The molecule has 0 aromatic carbocycles. The van der Waals surface area contributed by atoms with E-state index in [1.807, 2.05) is 12.5 Å². The minimum Gasteiger partial charge on any atom is -0.481 e. The van der Waals surface area contributed by atoms with Crippen LogP contribution >= 0.6 is 0 Å². The zero-order valence-corrected chi connectivity index (χ0v) is 16.5. The lowest BCUT2D eigenvalue weighted by Crippen LogP contribution is -2.52. The topological polar surface area (TPSA) is 76.4 Å². The Morgan fingerprint density at radius 1 is 1.18 bits per heavy atom. The summed E-state index contributed by atoms with van der Waals surface area (Å²) in [5.74, 6) is 1.63. The molecule has 1 amide bonds. The summed E-state index contributed by atoms with van der Waals surface area (Å²) < 4.78 is 7.28. The summed E-state index contributed by atoms with van der Waals surface area (Å²) >= 11 is 0. The van der Waals surface area contributed by atoms with Gasteiger partial charge in [0.05, 0.1) is 13.4 Å². The van der Waals surface area contributed by atoms with Gasteiger partial charge in [-0.3, -0.25) is 4.79 Å². The van der Waals surface area contributed by atoms with Crippen molar-refractivity contribution in [1.29, 1.82) is 0 Å². The predicted molar refractivity (Wildman–Crippen MR) is 105 cm³/mol. The van der Waals surface area contributed by atoms with E-state index in [2.05, 4.69) is 29.3 Å². The molecule has 0 unspecified atom stereocenters. The number of piperidine rings is 2. The van der Waals surface area contributed by atoms with Gasteiger partial charge in [-0.2, -0.15) is 4.98 Å². The number of hydrogen-bond acceptors (Lipinski definition) is 6. The maximum atomic E-state index is 12.4. The fraction of sp³-hybridized carbons (Fsp3) is 0.600. The maximum Gasteiger partial charge on any atom is 0.228 e. The smallest absolute Gasteiger partial charge is 0.228 e. The summed E-state index contributed by atoms with van der Waals surface area (Å²) in [5.41, 5.74) is 0.234. The van der Waals surface area contributed by atoms with Crippen molar-refractivity contribution in [2.75, 3.05) is 38.2 Å². The highest BCUT2D eigenvalue weighted by Crippen LogP contribution is 2.40. The van der Waals surface area contributed by atoms with Crippen molar-refractivity contribution in [3.05, 3.63) is 31.0 Å². The molecule has 2 aliphatic rings. The quantitative estimate of drug-likeness (QED) is 0.758.